The third-order valence-corrected chi connectivity index (χ3v) is 4.30. The lowest BCUT2D eigenvalue weighted by Gasteiger charge is -2.19. The molecule has 130 valence electrons. The van der Waals surface area contributed by atoms with Crippen molar-refractivity contribution in [1.82, 2.24) is 4.90 Å². The van der Waals surface area contributed by atoms with Crippen LogP contribution in [0.25, 0.3) is 0 Å². The van der Waals surface area contributed by atoms with Gasteiger partial charge in [-0.2, -0.15) is 0 Å². The Hall–Kier alpha value is -0.650. The van der Waals surface area contributed by atoms with Crippen LogP contribution >= 0.6 is 0 Å². The molecule has 0 spiro atoms. The molecule has 1 heterocycles. The fraction of sp³-hybridized carbons (Fsp3) is 0.941. The smallest absolute Gasteiger partial charge is 0.308 e. The van der Waals surface area contributed by atoms with Gasteiger partial charge in [-0.15, -0.1) is 0 Å². The second kappa shape index (κ2) is 11.0. The van der Waals surface area contributed by atoms with Gasteiger partial charge in [0.05, 0.1) is 31.8 Å². The van der Waals surface area contributed by atoms with Crippen LogP contribution in [-0.4, -0.2) is 62.0 Å². The molecule has 0 amide bonds. The summed E-state index contributed by atoms with van der Waals surface area (Å²) in [5.74, 6) is -0.238. The van der Waals surface area contributed by atoms with Crippen molar-refractivity contribution in [3.8, 4) is 0 Å². The average molecular weight is 315 g/mol. The number of methoxy groups -OCH3 is 1. The molecule has 1 fully saturated rings. The number of hydrogen-bond acceptors (Lipinski definition) is 5. The molecule has 0 aliphatic carbocycles. The second-order valence-corrected chi connectivity index (χ2v) is 6.58. The summed E-state index contributed by atoms with van der Waals surface area (Å²) in [6, 6.07) is 0. The molecule has 0 aromatic heterocycles. The third-order valence-electron chi connectivity index (χ3n) is 4.30. The molecular formula is C17H33NO4. The lowest BCUT2D eigenvalue weighted by atomic mass is 10.0. The maximum absolute atomic E-state index is 11.2. The summed E-state index contributed by atoms with van der Waals surface area (Å²) in [5, 5.41) is 10.2. The SMILES string of the molecule is COC(=O)C[C@@H]1CC[C@H]([C@@H](O)CCCCCCCN(C)C)O1. The third kappa shape index (κ3) is 8.11. The number of aliphatic hydroxyl groups excluding tert-OH is 1. The zero-order chi connectivity index (χ0) is 16.4. The molecule has 0 bridgehead atoms. The quantitative estimate of drug-likeness (QED) is 0.468. The Bertz CT molecular complexity index is 309. The number of esters is 1. The van der Waals surface area contributed by atoms with Gasteiger partial charge in [-0.05, 0) is 46.3 Å². The molecule has 5 nitrogen and oxygen atoms in total. The summed E-state index contributed by atoms with van der Waals surface area (Å²) in [7, 11) is 5.60. The molecule has 5 heteroatoms. The number of unbranched alkanes of at least 4 members (excludes halogenated alkanes) is 4. The minimum atomic E-state index is -0.399. The van der Waals surface area contributed by atoms with Crippen molar-refractivity contribution in [3.05, 3.63) is 0 Å². The Kier molecular flexibility index (Phi) is 9.68. The molecule has 1 rings (SSSR count). The van der Waals surface area contributed by atoms with E-state index < -0.39 is 6.10 Å². The maximum Gasteiger partial charge on any atom is 0.308 e. The van der Waals surface area contributed by atoms with Gasteiger partial charge in [0, 0.05) is 0 Å². The Balaban J connectivity index is 2.04. The molecule has 0 aromatic rings. The van der Waals surface area contributed by atoms with Crippen LogP contribution in [0.1, 0.15) is 57.8 Å². The van der Waals surface area contributed by atoms with Gasteiger partial charge in [-0.25, -0.2) is 0 Å². The lowest BCUT2D eigenvalue weighted by Crippen LogP contribution is -2.27. The van der Waals surface area contributed by atoms with Gasteiger partial charge in [0.1, 0.15) is 0 Å². The summed E-state index contributed by atoms with van der Waals surface area (Å²) in [6.45, 7) is 1.15. The van der Waals surface area contributed by atoms with E-state index in [1.807, 2.05) is 0 Å². The zero-order valence-corrected chi connectivity index (χ0v) is 14.4. The van der Waals surface area contributed by atoms with Gasteiger partial charge in [0.25, 0.3) is 0 Å². The maximum atomic E-state index is 11.2. The summed E-state index contributed by atoms with van der Waals surface area (Å²) in [6.07, 6.45) is 8.13. The van der Waals surface area contributed by atoms with Gasteiger partial charge >= 0.3 is 5.97 Å². The van der Waals surface area contributed by atoms with Crippen LogP contribution in [0.4, 0.5) is 0 Å². The van der Waals surface area contributed by atoms with E-state index in [0.29, 0.717) is 6.42 Å². The average Bonchev–Trinajstić information content (AvgIpc) is 2.94. The molecule has 0 saturated carbocycles. The Morgan fingerprint density at radius 2 is 1.91 bits per heavy atom. The number of carbonyl (C=O) groups is 1. The second-order valence-electron chi connectivity index (χ2n) is 6.58. The Morgan fingerprint density at radius 3 is 2.59 bits per heavy atom. The summed E-state index contributed by atoms with van der Waals surface area (Å²) in [5.41, 5.74) is 0. The Labute approximate surface area is 135 Å². The van der Waals surface area contributed by atoms with Gasteiger partial charge in [-0.1, -0.05) is 25.7 Å². The highest BCUT2D eigenvalue weighted by atomic mass is 16.5. The molecule has 0 aromatic carbocycles. The molecule has 1 saturated heterocycles. The van der Waals surface area contributed by atoms with Gasteiger partial charge in [0.2, 0.25) is 0 Å². The molecule has 1 aliphatic rings. The van der Waals surface area contributed by atoms with E-state index in [2.05, 4.69) is 23.7 Å². The van der Waals surface area contributed by atoms with Crippen LogP contribution in [0, 0.1) is 0 Å². The fourth-order valence-corrected chi connectivity index (χ4v) is 2.93. The molecule has 0 unspecified atom stereocenters. The zero-order valence-electron chi connectivity index (χ0n) is 14.4. The molecular weight excluding hydrogens is 282 g/mol. The van der Waals surface area contributed by atoms with Crippen LogP contribution in [-0.2, 0) is 14.3 Å². The number of carbonyl (C=O) groups excluding carboxylic acids is 1. The largest absolute Gasteiger partial charge is 0.469 e. The van der Waals surface area contributed by atoms with E-state index in [-0.39, 0.29) is 18.2 Å². The Morgan fingerprint density at radius 1 is 1.23 bits per heavy atom. The topological polar surface area (TPSA) is 59.0 Å². The fourth-order valence-electron chi connectivity index (χ4n) is 2.93. The normalized spacial score (nSPS) is 23.0. The first kappa shape index (κ1) is 19.4. The van der Waals surface area contributed by atoms with Crippen molar-refractivity contribution in [1.29, 1.82) is 0 Å². The summed E-state index contributed by atoms with van der Waals surface area (Å²) >= 11 is 0. The number of ether oxygens (including phenoxy) is 2. The van der Waals surface area contributed by atoms with Crippen molar-refractivity contribution in [2.24, 2.45) is 0 Å². The first-order chi connectivity index (χ1) is 10.5. The first-order valence-corrected chi connectivity index (χ1v) is 8.58. The van der Waals surface area contributed by atoms with E-state index in [9.17, 15) is 9.90 Å². The number of aliphatic hydroxyl groups is 1. The highest BCUT2D eigenvalue weighted by molar-refractivity contribution is 5.69. The molecule has 1 N–H and O–H groups in total. The lowest BCUT2D eigenvalue weighted by molar-refractivity contribution is -0.144. The van der Waals surface area contributed by atoms with E-state index in [0.717, 1.165) is 32.2 Å². The van der Waals surface area contributed by atoms with Crippen molar-refractivity contribution >= 4 is 5.97 Å². The minimum absolute atomic E-state index is 0.0851. The van der Waals surface area contributed by atoms with Gasteiger partial charge in [-0.3, -0.25) is 4.79 Å². The highest BCUT2D eigenvalue weighted by Gasteiger charge is 2.31. The highest BCUT2D eigenvalue weighted by Crippen LogP contribution is 2.26. The number of hydrogen-bond donors (Lipinski definition) is 1. The van der Waals surface area contributed by atoms with Crippen LogP contribution in [0.2, 0.25) is 0 Å². The van der Waals surface area contributed by atoms with E-state index in [1.54, 1.807) is 0 Å². The van der Waals surface area contributed by atoms with Crippen LogP contribution in [0.3, 0.4) is 0 Å². The van der Waals surface area contributed by atoms with Crippen molar-refractivity contribution in [3.63, 3.8) is 0 Å². The van der Waals surface area contributed by atoms with E-state index in [4.69, 9.17) is 4.74 Å². The summed E-state index contributed by atoms with van der Waals surface area (Å²) in [4.78, 5) is 13.4. The first-order valence-electron chi connectivity index (χ1n) is 8.58. The van der Waals surface area contributed by atoms with Crippen molar-refractivity contribution in [2.45, 2.75) is 76.1 Å². The summed E-state index contributed by atoms with van der Waals surface area (Å²) < 4.78 is 10.4. The number of rotatable bonds is 11. The molecule has 0 radical (unpaired) electrons. The predicted octanol–water partition coefficient (Wildman–Crippen LogP) is 2.36. The molecule has 1 aliphatic heterocycles. The van der Waals surface area contributed by atoms with Crippen LogP contribution in [0.5, 0.6) is 0 Å². The van der Waals surface area contributed by atoms with Gasteiger partial charge < -0.3 is 19.5 Å². The van der Waals surface area contributed by atoms with Crippen LogP contribution in [0.15, 0.2) is 0 Å². The minimum Gasteiger partial charge on any atom is -0.469 e. The molecule has 3 atom stereocenters. The van der Waals surface area contributed by atoms with E-state index in [1.165, 1.54) is 32.8 Å². The monoisotopic (exact) mass is 315 g/mol. The van der Waals surface area contributed by atoms with Gasteiger partial charge in [0.15, 0.2) is 0 Å². The molecule has 22 heavy (non-hydrogen) atoms. The van der Waals surface area contributed by atoms with Crippen LogP contribution < -0.4 is 0 Å². The number of nitrogens with zero attached hydrogens (tertiary/aromatic N) is 1. The van der Waals surface area contributed by atoms with Crippen molar-refractivity contribution < 1.29 is 19.4 Å². The van der Waals surface area contributed by atoms with Crippen molar-refractivity contribution in [2.75, 3.05) is 27.7 Å². The van der Waals surface area contributed by atoms with E-state index >= 15 is 0 Å². The predicted molar refractivity (Wildman–Crippen MR) is 86.8 cm³/mol. The standard InChI is InChI=1S/C17H33NO4/c1-18(2)12-8-6-4-5-7-9-15(19)16-11-10-14(22-16)13-17(20)21-3/h14-16,19H,4-13H2,1-3H3/t14-,15-,16+/m0/s1.